The van der Waals surface area contributed by atoms with E-state index in [1.54, 1.807) is 0 Å². The van der Waals surface area contributed by atoms with Crippen molar-refractivity contribution in [3.05, 3.63) is 11.8 Å². The van der Waals surface area contributed by atoms with Gasteiger partial charge in [-0.05, 0) is 32.2 Å². The first kappa shape index (κ1) is 16.0. The molecule has 5 heteroatoms. The van der Waals surface area contributed by atoms with E-state index in [9.17, 15) is 0 Å². The molecule has 1 aromatic heterocycles. The predicted molar refractivity (Wildman–Crippen MR) is 88.6 cm³/mol. The molecule has 0 amide bonds. The van der Waals surface area contributed by atoms with Gasteiger partial charge < -0.3 is 16.0 Å². The van der Waals surface area contributed by atoms with Gasteiger partial charge >= 0.3 is 0 Å². The molecule has 0 bridgehead atoms. The Morgan fingerprint density at radius 1 is 1.33 bits per heavy atom. The highest BCUT2D eigenvalue weighted by atomic mass is 15.2. The van der Waals surface area contributed by atoms with Crippen LogP contribution in [0.25, 0.3) is 0 Å². The van der Waals surface area contributed by atoms with E-state index in [1.807, 2.05) is 0 Å². The molecule has 5 nitrogen and oxygen atoms in total. The van der Waals surface area contributed by atoms with E-state index in [0.717, 1.165) is 44.0 Å². The molecule has 3 N–H and O–H groups in total. The number of hydrogen-bond acceptors (Lipinski definition) is 5. The molecule has 1 aliphatic rings. The molecule has 0 aliphatic carbocycles. The van der Waals surface area contributed by atoms with Crippen LogP contribution in [0.1, 0.15) is 51.6 Å². The Balaban J connectivity index is 1.99. The molecule has 0 aromatic carbocycles. The number of nitrogens with two attached hydrogens (primary N) is 1. The number of anilines is 2. The lowest BCUT2D eigenvalue weighted by molar-refractivity contribution is 0.418. The molecule has 0 radical (unpaired) electrons. The summed E-state index contributed by atoms with van der Waals surface area (Å²) in [5, 5.41) is 3.66. The summed E-state index contributed by atoms with van der Waals surface area (Å²) in [6, 6.07) is 2.67. The molecule has 1 saturated heterocycles. The fourth-order valence-corrected chi connectivity index (χ4v) is 2.88. The second kappa shape index (κ2) is 8.17. The van der Waals surface area contributed by atoms with Crippen LogP contribution in [0.5, 0.6) is 0 Å². The van der Waals surface area contributed by atoms with E-state index in [1.165, 1.54) is 25.7 Å². The molecule has 0 saturated carbocycles. The number of hydrogen-bond donors (Lipinski definition) is 2. The first-order chi connectivity index (χ1) is 10.2. The molecule has 1 atom stereocenters. The molecule has 118 valence electrons. The Hall–Kier alpha value is -1.36. The van der Waals surface area contributed by atoms with Gasteiger partial charge in [-0.2, -0.15) is 4.98 Å². The van der Waals surface area contributed by atoms with Crippen molar-refractivity contribution in [3.8, 4) is 0 Å². The SMILES string of the molecule is CCCCNC1CCCN(c2cc(CCC)nc(N)n2)C1. The van der Waals surface area contributed by atoms with E-state index < -0.39 is 0 Å². The van der Waals surface area contributed by atoms with Crippen molar-refractivity contribution >= 4 is 11.8 Å². The van der Waals surface area contributed by atoms with Crippen LogP contribution < -0.4 is 16.0 Å². The molecule has 1 aromatic rings. The molecule has 1 fully saturated rings. The molecular weight excluding hydrogens is 262 g/mol. The maximum atomic E-state index is 5.86. The minimum atomic E-state index is 0.400. The number of aryl methyl sites for hydroxylation is 1. The summed E-state index contributed by atoms with van der Waals surface area (Å²) in [6.45, 7) is 7.59. The van der Waals surface area contributed by atoms with Crippen LogP contribution in [0.4, 0.5) is 11.8 Å². The quantitative estimate of drug-likeness (QED) is 0.755. The number of piperidine rings is 1. The Kier molecular flexibility index (Phi) is 6.23. The van der Waals surface area contributed by atoms with Gasteiger partial charge in [-0.25, -0.2) is 4.98 Å². The van der Waals surface area contributed by atoms with Crippen molar-refractivity contribution in [2.75, 3.05) is 30.3 Å². The molecule has 21 heavy (non-hydrogen) atoms. The van der Waals surface area contributed by atoms with Gasteiger partial charge in [-0.3, -0.25) is 0 Å². The number of nitrogens with one attached hydrogen (secondary N) is 1. The van der Waals surface area contributed by atoms with Gasteiger partial charge in [0.25, 0.3) is 0 Å². The fourth-order valence-electron chi connectivity index (χ4n) is 2.88. The monoisotopic (exact) mass is 291 g/mol. The molecular formula is C16H29N5. The van der Waals surface area contributed by atoms with Crippen molar-refractivity contribution in [1.82, 2.24) is 15.3 Å². The van der Waals surface area contributed by atoms with Crippen LogP contribution in [0.15, 0.2) is 6.07 Å². The van der Waals surface area contributed by atoms with Crippen molar-refractivity contribution in [3.63, 3.8) is 0 Å². The summed E-state index contributed by atoms with van der Waals surface area (Å²) >= 11 is 0. The maximum Gasteiger partial charge on any atom is 0.222 e. The summed E-state index contributed by atoms with van der Waals surface area (Å²) in [6.07, 6.45) is 6.99. The second-order valence-corrected chi connectivity index (χ2v) is 5.92. The topological polar surface area (TPSA) is 67.1 Å². The zero-order valence-electron chi connectivity index (χ0n) is 13.4. The van der Waals surface area contributed by atoms with Crippen LogP contribution in [-0.4, -0.2) is 35.6 Å². The highest BCUT2D eigenvalue weighted by Crippen LogP contribution is 2.20. The maximum absolute atomic E-state index is 5.86. The molecule has 1 aliphatic heterocycles. The minimum Gasteiger partial charge on any atom is -0.368 e. The summed E-state index contributed by atoms with van der Waals surface area (Å²) in [5.41, 5.74) is 6.92. The average molecular weight is 291 g/mol. The number of rotatable bonds is 7. The van der Waals surface area contributed by atoms with E-state index in [2.05, 4.69) is 40.1 Å². The van der Waals surface area contributed by atoms with Gasteiger partial charge in [0.2, 0.25) is 5.95 Å². The number of aromatic nitrogens is 2. The average Bonchev–Trinajstić information content (AvgIpc) is 2.48. The van der Waals surface area contributed by atoms with Crippen LogP contribution in [-0.2, 0) is 6.42 Å². The van der Waals surface area contributed by atoms with Crippen molar-refractivity contribution < 1.29 is 0 Å². The zero-order valence-corrected chi connectivity index (χ0v) is 13.4. The third-order valence-electron chi connectivity index (χ3n) is 4.00. The third-order valence-corrected chi connectivity index (χ3v) is 4.00. The van der Waals surface area contributed by atoms with Gasteiger partial charge in [-0.15, -0.1) is 0 Å². The first-order valence-electron chi connectivity index (χ1n) is 8.34. The first-order valence-corrected chi connectivity index (χ1v) is 8.34. The van der Waals surface area contributed by atoms with Gasteiger partial charge in [0.1, 0.15) is 5.82 Å². The molecule has 1 unspecified atom stereocenters. The number of nitrogens with zero attached hydrogens (tertiary/aromatic N) is 3. The normalized spacial score (nSPS) is 19.0. The summed E-state index contributed by atoms with van der Waals surface area (Å²) in [5.74, 6) is 1.39. The fraction of sp³-hybridized carbons (Fsp3) is 0.750. The number of nitrogen functional groups attached to an aromatic ring is 1. The van der Waals surface area contributed by atoms with E-state index in [4.69, 9.17) is 5.73 Å². The van der Waals surface area contributed by atoms with E-state index in [-0.39, 0.29) is 0 Å². The van der Waals surface area contributed by atoms with Crippen molar-refractivity contribution in [2.24, 2.45) is 0 Å². The van der Waals surface area contributed by atoms with Crippen LogP contribution in [0, 0.1) is 0 Å². The third kappa shape index (κ3) is 4.84. The van der Waals surface area contributed by atoms with E-state index in [0.29, 0.717) is 12.0 Å². The largest absolute Gasteiger partial charge is 0.368 e. The van der Waals surface area contributed by atoms with Gasteiger partial charge in [0, 0.05) is 30.9 Å². The summed E-state index contributed by atoms with van der Waals surface area (Å²) in [4.78, 5) is 11.1. The van der Waals surface area contributed by atoms with Gasteiger partial charge in [0.15, 0.2) is 0 Å². The van der Waals surface area contributed by atoms with Crippen LogP contribution in [0.3, 0.4) is 0 Å². The molecule has 2 heterocycles. The van der Waals surface area contributed by atoms with Gasteiger partial charge in [-0.1, -0.05) is 26.7 Å². The number of unbranched alkanes of at least 4 members (excludes halogenated alkanes) is 1. The standard InChI is InChI=1S/C16H29N5/c1-3-5-9-18-14-8-6-10-21(12-14)15-11-13(7-4-2)19-16(17)20-15/h11,14,18H,3-10,12H2,1-2H3,(H2,17,19,20). The van der Waals surface area contributed by atoms with Crippen LogP contribution >= 0.6 is 0 Å². The highest BCUT2D eigenvalue weighted by Gasteiger charge is 2.21. The Morgan fingerprint density at radius 3 is 2.95 bits per heavy atom. The second-order valence-electron chi connectivity index (χ2n) is 5.92. The molecule has 2 rings (SSSR count). The predicted octanol–water partition coefficient (Wildman–Crippen LogP) is 2.37. The summed E-state index contributed by atoms with van der Waals surface area (Å²) < 4.78 is 0. The molecule has 0 spiro atoms. The Labute approximate surface area is 128 Å². The van der Waals surface area contributed by atoms with Crippen molar-refractivity contribution in [1.29, 1.82) is 0 Å². The Bertz CT molecular complexity index is 435. The minimum absolute atomic E-state index is 0.400. The highest BCUT2D eigenvalue weighted by molar-refractivity contribution is 5.44. The van der Waals surface area contributed by atoms with Crippen LogP contribution in [0.2, 0.25) is 0 Å². The van der Waals surface area contributed by atoms with Gasteiger partial charge in [0.05, 0.1) is 0 Å². The smallest absolute Gasteiger partial charge is 0.222 e. The summed E-state index contributed by atoms with van der Waals surface area (Å²) in [7, 11) is 0. The lowest BCUT2D eigenvalue weighted by atomic mass is 10.1. The lowest BCUT2D eigenvalue weighted by Gasteiger charge is -2.34. The van der Waals surface area contributed by atoms with Crippen molar-refractivity contribution in [2.45, 2.75) is 58.4 Å². The Morgan fingerprint density at radius 2 is 2.19 bits per heavy atom. The zero-order chi connectivity index (χ0) is 15.1. The lowest BCUT2D eigenvalue weighted by Crippen LogP contribution is -2.46. The van der Waals surface area contributed by atoms with E-state index >= 15 is 0 Å².